The van der Waals surface area contributed by atoms with Gasteiger partial charge in [-0.3, -0.25) is 4.79 Å². The first-order valence-electron chi connectivity index (χ1n) is 7.96. The Morgan fingerprint density at radius 2 is 1.46 bits per heavy atom. The zero-order chi connectivity index (χ0) is 16.9. The molecule has 0 unspecified atom stereocenters. The molecule has 0 saturated carbocycles. The van der Waals surface area contributed by atoms with Gasteiger partial charge in [-0.15, -0.1) is 0 Å². The van der Waals surface area contributed by atoms with E-state index in [-0.39, 0.29) is 11.7 Å². The lowest BCUT2D eigenvalue weighted by Gasteiger charge is -2.23. The molecule has 1 aliphatic rings. The molecule has 4 heteroatoms. The number of ketones is 1. The van der Waals surface area contributed by atoms with Crippen LogP contribution in [-0.4, -0.2) is 20.0 Å². The van der Waals surface area contributed by atoms with Crippen LogP contribution in [-0.2, 0) is 4.79 Å². The van der Waals surface area contributed by atoms with E-state index in [0.29, 0.717) is 6.42 Å². The van der Waals surface area contributed by atoms with E-state index in [1.165, 1.54) is 0 Å². The SMILES string of the molecule is COc1ccc(NC2=CC(=O)C[C@@H](c3ccc(OC)cc3)C2)cc1. The second-order valence-corrected chi connectivity index (χ2v) is 5.87. The third-order valence-corrected chi connectivity index (χ3v) is 4.23. The summed E-state index contributed by atoms with van der Waals surface area (Å²) in [5, 5.41) is 3.34. The number of hydrogen-bond acceptors (Lipinski definition) is 4. The highest BCUT2D eigenvalue weighted by Crippen LogP contribution is 2.33. The minimum atomic E-state index is 0.151. The minimum absolute atomic E-state index is 0.151. The van der Waals surface area contributed by atoms with Crippen molar-refractivity contribution in [2.75, 3.05) is 19.5 Å². The van der Waals surface area contributed by atoms with Gasteiger partial charge in [0.1, 0.15) is 11.5 Å². The largest absolute Gasteiger partial charge is 0.497 e. The summed E-state index contributed by atoms with van der Waals surface area (Å²) in [7, 11) is 3.29. The standard InChI is InChI=1S/C20H21NO3/c1-23-19-7-3-14(4-8-19)15-11-17(13-18(22)12-15)21-16-5-9-20(24-2)10-6-16/h3-10,13,15,21H,11-12H2,1-2H3/t15-/m0/s1. The molecule has 1 aliphatic carbocycles. The number of benzene rings is 2. The van der Waals surface area contributed by atoms with Gasteiger partial charge in [-0.25, -0.2) is 0 Å². The molecule has 0 heterocycles. The van der Waals surface area contributed by atoms with E-state index < -0.39 is 0 Å². The number of carbonyl (C=O) groups is 1. The summed E-state index contributed by atoms with van der Waals surface area (Å²) in [6.45, 7) is 0. The molecule has 0 radical (unpaired) electrons. The van der Waals surface area contributed by atoms with Gasteiger partial charge in [0.15, 0.2) is 5.78 Å². The summed E-state index contributed by atoms with van der Waals surface area (Å²) in [5.41, 5.74) is 3.05. The molecule has 0 fully saturated rings. The summed E-state index contributed by atoms with van der Waals surface area (Å²) in [6.07, 6.45) is 3.06. The van der Waals surface area contributed by atoms with Crippen LogP contribution in [0.1, 0.15) is 24.3 Å². The average molecular weight is 323 g/mol. The number of rotatable bonds is 5. The summed E-state index contributed by atoms with van der Waals surface area (Å²) in [5.74, 6) is 1.98. The third-order valence-electron chi connectivity index (χ3n) is 4.23. The van der Waals surface area contributed by atoms with E-state index in [4.69, 9.17) is 9.47 Å². The number of carbonyl (C=O) groups excluding carboxylic acids is 1. The van der Waals surface area contributed by atoms with Gasteiger partial charge in [0.05, 0.1) is 14.2 Å². The van der Waals surface area contributed by atoms with E-state index in [1.54, 1.807) is 20.3 Å². The fourth-order valence-corrected chi connectivity index (χ4v) is 2.95. The monoisotopic (exact) mass is 323 g/mol. The Balaban J connectivity index is 1.72. The molecule has 1 N–H and O–H groups in total. The quantitative estimate of drug-likeness (QED) is 0.898. The van der Waals surface area contributed by atoms with Gasteiger partial charge in [0.2, 0.25) is 0 Å². The van der Waals surface area contributed by atoms with Gasteiger partial charge in [0, 0.05) is 23.9 Å². The van der Waals surface area contributed by atoms with Crippen LogP contribution in [0, 0.1) is 0 Å². The Hall–Kier alpha value is -2.75. The lowest BCUT2D eigenvalue weighted by atomic mass is 9.85. The average Bonchev–Trinajstić information content (AvgIpc) is 2.62. The van der Waals surface area contributed by atoms with Crippen LogP contribution in [0.3, 0.4) is 0 Å². The number of allylic oxidation sites excluding steroid dienone is 2. The molecule has 0 bridgehead atoms. The smallest absolute Gasteiger partial charge is 0.158 e. The predicted octanol–water partition coefficient (Wildman–Crippen LogP) is 4.15. The first-order chi connectivity index (χ1) is 11.7. The van der Waals surface area contributed by atoms with Crippen molar-refractivity contribution in [3.8, 4) is 11.5 Å². The first-order valence-corrected chi connectivity index (χ1v) is 7.96. The Kier molecular flexibility index (Phi) is 4.85. The number of ether oxygens (including phenoxy) is 2. The molecular formula is C20H21NO3. The lowest BCUT2D eigenvalue weighted by Crippen LogP contribution is -2.16. The van der Waals surface area contributed by atoms with Gasteiger partial charge in [0.25, 0.3) is 0 Å². The van der Waals surface area contributed by atoms with Crippen molar-refractivity contribution in [1.29, 1.82) is 0 Å². The maximum Gasteiger partial charge on any atom is 0.158 e. The van der Waals surface area contributed by atoms with Crippen LogP contribution in [0.25, 0.3) is 0 Å². The predicted molar refractivity (Wildman–Crippen MR) is 94.7 cm³/mol. The maximum absolute atomic E-state index is 12.1. The number of hydrogen-bond donors (Lipinski definition) is 1. The van der Waals surface area contributed by atoms with Crippen molar-refractivity contribution >= 4 is 11.5 Å². The van der Waals surface area contributed by atoms with Crippen LogP contribution in [0.2, 0.25) is 0 Å². The molecule has 2 aromatic rings. The Labute approximate surface area is 142 Å². The maximum atomic E-state index is 12.1. The van der Waals surface area contributed by atoms with Crippen LogP contribution in [0.5, 0.6) is 11.5 Å². The van der Waals surface area contributed by atoms with Crippen molar-refractivity contribution in [1.82, 2.24) is 0 Å². The van der Waals surface area contributed by atoms with E-state index >= 15 is 0 Å². The van der Waals surface area contributed by atoms with Gasteiger partial charge in [-0.05, 0) is 54.3 Å². The number of methoxy groups -OCH3 is 2. The Morgan fingerprint density at radius 3 is 2.04 bits per heavy atom. The molecule has 4 nitrogen and oxygen atoms in total. The molecule has 24 heavy (non-hydrogen) atoms. The van der Waals surface area contributed by atoms with E-state index in [2.05, 4.69) is 5.32 Å². The lowest BCUT2D eigenvalue weighted by molar-refractivity contribution is -0.115. The number of nitrogens with one attached hydrogen (secondary N) is 1. The molecule has 0 spiro atoms. The zero-order valence-electron chi connectivity index (χ0n) is 13.9. The summed E-state index contributed by atoms with van der Waals surface area (Å²) in [4.78, 5) is 12.1. The molecule has 0 aliphatic heterocycles. The second-order valence-electron chi connectivity index (χ2n) is 5.87. The molecular weight excluding hydrogens is 302 g/mol. The second kappa shape index (κ2) is 7.21. The highest BCUT2D eigenvalue weighted by molar-refractivity contribution is 5.92. The highest BCUT2D eigenvalue weighted by Gasteiger charge is 2.22. The van der Waals surface area contributed by atoms with Crippen LogP contribution >= 0.6 is 0 Å². The van der Waals surface area contributed by atoms with Crippen LogP contribution in [0.15, 0.2) is 60.3 Å². The van der Waals surface area contributed by atoms with Crippen LogP contribution < -0.4 is 14.8 Å². The van der Waals surface area contributed by atoms with Crippen molar-refractivity contribution in [3.05, 3.63) is 65.9 Å². The van der Waals surface area contributed by atoms with E-state index in [9.17, 15) is 4.79 Å². The zero-order valence-corrected chi connectivity index (χ0v) is 13.9. The molecule has 3 rings (SSSR count). The van der Waals surface area contributed by atoms with E-state index in [0.717, 1.165) is 34.9 Å². The first kappa shape index (κ1) is 16.1. The van der Waals surface area contributed by atoms with Crippen molar-refractivity contribution in [2.24, 2.45) is 0 Å². The fourth-order valence-electron chi connectivity index (χ4n) is 2.95. The Morgan fingerprint density at radius 1 is 0.875 bits per heavy atom. The van der Waals surface area contributed by atoms with Gasteiger partial charge in [-0.2, -0.15) is 0 Å². The minimum Gasteiger partial charge on any atom is -0.497 e. The van der Waals surface area contributed by atoms with Gasteiger partial charge in [-0.1, -0.05) is 12.1 Å². The topological polar surface area (TPSA) is 47.6 Å². The van der Waals surface area contributed by atoms with E-state index in [1.807, 2.05) is 48.5 Å². The van der Waals surface area contributed by atoms with Gasteiger partial charge >= 0.3 is 0 Å². The van der Waals surface area contributed by atoms with Crippen molar-refractivity contribution in [2.45, 2.75) is 18.8 Å². The Bertz CT molecular complexity index is 732. The molecule has 124 valence electrons. The van der Waals surface area contributed by atoms with Crippen molar-refractivity contribution in [3.63, 3.8) is 0 Å². The third kappa shape index (κ3) is 3.77. The van der Waals surface area contributed by atoms with Crippen LogP contribution in [0.4, 0.5) is 5.69 Å². The highest BCUT2D eigenvalue weighted by atomic mass is 16.5. The van der Waals surface area contributed by atoms with Crippen molar-refractivity contribution < 1.29 is 14.3 Å². The summed E-state index contributed by atoms with van der Waals surface area (Å²) < 4.78 is 10.4. The molecule has 0 amide bonds. The summed E-state index contributed by atoms with van der Waals surface area (Å²) >= 11 is 0. The van der Waals surface area contributed by atoms with Gasteiger partial charge < -0.3 is 14.8 Å². The molecule has 0 saturated heterocycles. The molecule has 1 atom stereocenters. The fraction of sp³-hybridized carbons (Fsp3) is 0.250. The summed E-state index contributed by atoms with van der Waals surface area (Å²) in [6, 6.07) is 15.6. The molecule has 0 aromatic heterocycles. The normalized spacial score (nSPS) is 17.2. The number of anilines is 1. The molecule has 2 aromatic carbocycles.